The van der Waals surface area contributed by atoms with Crippen molar-refractivity contribution in [3.8, 4) is 0 Å². The Balaban J connectivity index is 1.71. The van der Waals surface area contributed by atoms with Crippen molar-refractivity contribution in [2.75, 3.05) is 22.1 Å². The maximum absolute atomic E-state index is 11.3. The van der Waals surface area contributed by atoms with Gasteiger partial charge >= 0.3 is 0 Å². The van der Waals surface area contributed by atoms with E-state index in [1.54, 1.807) is 0 Å². The van der Waals surface area contributed by atoms with Crippen LogP contribution in [0.15, 0.2) is 18.2 Å². The molecule has 1 fully saturated rings. The first kappa shape index (κ1) is 11.9. The molecule has 1 amide bonds. The van der Waals surface area contributed by atoms with Crippen LogP contribution in [-0.4, -0.2) is 23.5 Å². The van der Waals surface area contributed by atoms with Gasteiger partial charge in [-0.05, 0) is 48.8 Å². The van der Waals surface area contributed by atoms with Crippen LogP contribution >= 0.6 is 11.8 Å². The Bertz CT molecular complexity index is 455. The van der Waals surface area contributed by atoms with Gasteiger partial charge in [0.25, 0.3) is 0 Å². The fraction of sp³-hybridized carbons (Fsp3) is 0.500. The predicted molar refractivity (Wildman–Crippen MR) is 77.4 cm³/mol. The normalized spacial score (nSPS) is 23.1. The van der Waals surface area contributed by atoms with Crippen LogP contribution in [-0.2, 0) is 11.2 Å². The van der Waals surface area contributed by atoms with Crippen molar-refractivity contribution < 1.29 is 4.79 Å². The lowest BCUT2D eigenvalue weighted by atomic mass is 10.0. The first-order chi connectivity index (χ1) is 8.81. The molecule has 2 heterocycles. The standard InChI is InChI=1S/C14H18N2OS/c17-14-6-3-10-8-11(4-5-13(10)16-14)15-12-2-1-7-18-9-12/h4-5,8,12,15H,1-3,6-7,9H2,(H,16,17). The number of carbonyl (C=O) groups is 1. The summed E-state index contributed by atoms with van der Waals surface area (Å²) in [5, 5.41) is 6.53. The van der Waals surface area contributed by atoms with Crippen molar-refractivity contribution in [1.29, 1.82) is 0 Å². The molecule has 2 aliphatic heterocycles. The molecule has 0 spiro atoms. The number of nitrogens with one attached hydrogen (secondary N) is 2. The van der Waals surface area contributed by atoms with E-state index in [9.17, 15) is 4.79 Å². The Hall–Kier alpha value is -1.16. The van der Waals surface area contributed by atoms with Crippen LogP contribution in [0, 0.1) is 0 Å². The van der Waals surface area contributed by atoms with E-state index in [0.717, 1.165) is 12.1 Å². The van der Waals surface area contributed by atoms with Crippen LogP contribution < -0.4 is 10.6 Å². The maximum atomic E-state index is 11.3. The van der Waals surface area contributed by atoms with Gasteiger partial charge < -0.3 is 10.6 Å². The van der Waals surface area contributed by atoms with Gasteiger partial charge in [0.1, 0.15) is 0 Å². The lowest BCUT2D eigenvalue weighted by Crippen LogP contribution is -2.26. The highest BCUT2D eigenvalue weighted by Crippen LogP contribution is 2.27. The highest BCUT2D eigenvalue weighted by atomic mass is 32.2. The summed E-state index contributed by atoms with van der Waals surface area (Å²) >= 11 is 2.03. The summed E-state index contributed by atoms with van der Waals surface area (Å²) in [6.07, 6.45) is 4.04. The van der Waals surface area contributed by atoms with E-state index >= 15 is 0 Å². The molecule has 0 radical (unpaired) electrons. The zero-order valence-electron chi connectivity index (χ0n) is 10.4. The number of fused-ring (bicyclic) bond motifs is 1. The second-order valence-corrected chi connectivity index (χ2v) is 6.13. The highest BCUT2D eigenvalue weighted by molar-refractivity contribution is 7.99. The lowest BCUT2D eigenvalue weighted by molar-refractivity contribution is -0.116. The third-order valence-corrected chi connectivity index (χ3v) is 4.75. The average Bonchev–Trinajstić information content (AvgIpc) is 2.40. The molecule has 3 rings (SSSR count). The van der Waals surface area contributed by atoms with Crippen LogP contribution in [0.3, 0.4) is 0 Å². The van der Waals surface area contributed by atoms with E-state index in [4.69, 9.17) is 0 Å². The Morgan fingerprint density at radius 2 is 2.28 bits per heavy atom. The SMILES string of the molecule is O=C1CCc2cc(NC3CCCSC3)ccc2N1. The highest BCUT2D eigenvalue weighted by Gasteiger charge is 2.17. The number of amides is 1. The van der Waals surface area contributed by atoms with Gasteiger partial charge in [0, 0.05) is 29.6 Å². The molecule has 3 nitrogen and oxygen atoms in total. The minimum atomic E-state index is 0.131. The van der Waals surface area contributed by atoms with E-state index in [2.05, 4.69) is 22.8 Å². The minimum Gasteiger partial charge on any atom is -0.381 e. The topological polar surface area (TPSA) is 41.1 Å². The zero-order valence-corrected chi connectivity index (χ0v) is 11.2. The monoisotopic (exact) mass is 262 g/mol. The summed E-state index contributed by atoms with van der Waals surface area (Å²) in [5.74, 6) is 2.63. The third kappa shape index (κ3) is 2.64. The van der Waals surface area contributed by atoms with Gasteiger partial charge in [0.2, 0.25) is 5.91 Å². The lowest BCUT2D eigenvalue weighted by Gasteiger charge is -2.25. The molecule has 2 N–H and O–H groups in total. The Morgan fingerprint density at radius 3 is 3.11 bits per heavy atom. The Kier molecular flexibility index (Phi) is 3.46. The van der Waals surface area contributed by atoms with E-state index in [0.29, 0.717) is 12.5 Å². The van der Waals surface area contributed by atoms with Crippen LogP contribution in [0.5, 0.6) is 0 Å². The predicted octanol–water partition coefficient (Wildman–Crippen LogP) is 2.88. The fourth-order valence-corrected chi connectivity index (χ4v) is 3.64. The number of hydrogen-bond donors (Lipinski definition) is 2. The van der Waals surface area contributed by atoms with Crippen molar-refractivity contribution in [1.82, 2.24) is 0 Å². The van der Waals surface area contributed by atoms with Gasteiger partial charge in [-0.3, -0.25) is 4.79 Å². The van der Waals surface area contributed by atoms with Crippen molar-refractivity contribution >= 4 is 29.0 Å². The number of rotatable bonds is 2. The molecule has 4 heteroatoms. The number of benzene rings is 1. The van der Waals surface area contributed by atoms with Gasteiger partial charge in [-0.2, -0.15) is 11.8 Å². The third-order valence-electron chi connectivity index (χ3n) is 3.53. The van der Waals surface area contributed by atoms with Crippen LogP contribution in [0.25, 0.3) is 0 Å². The molecule has 96 valence electrons. The average molecular weight is 262 g/mol. The molecule has 0 aliphatic carbocycles. The zero-order chi connectivity index (χ0) is 12.4. The van der Waals surface area contributed by atoms with E-state index in [-0.39, 0.29) is 5.91 Å². The summed E-state index contributed by atoms with van der Waals surface area (Å²) in [5.41, 5.74) is 3.43. The summed E-state index contributed by atoms with van der Waals surface area (Å²) in [6.45, 7) is 0. The van der Waals surface area contributed by atoms with Crippen molar-refractivity contribution in [2.45, 2.75) is 31.7 Å². The van der Waals surface area contributed by atoms with Gasteiger partial charge in [-0.15, -0.1) is 0 Å². The number of thioether (sulfide) groups is 1. The number of hydrogen-bond acceptors (Lipinski definition) is 3. The summed E-state index contributed by atoms with van der Waals surface area (Å²) in [4.78, 5) is 11.3. The molecule has 18 heavy (non-hydrogen) atoms. The summed E-state index contributed by atoms with van der Waals surface area (Å²) < 4.78 is 0. The Labute approximate surface area is 112 Å². The Morgan fingerprint density at radius 1 is 1.33 bits per heavy atom. The molecule has 1 unspecified atom stereocenters. The van der Waals surface area contributed by atoms with Crippen LogP contribution in [0.1, 0.15) is 24.8 Å². The second-order valence-electron chi connectivity index (χ2n) is 4.98. The van der Waals surface area contributed by atoms with Gasteiger partial charge in [-0.1, -0.05) is 0 Å². The van der Waals surface area contributed by atoms with E-state index in [1.807, 2.05) is 17.8 Å². The molecule has 1 aromatic rings. The number of carbonyl (C=O) groups excluding carboxylic acids is 1. The van der Waals surface area contributed by atoms with Crippen molar-refractivity contribution in [3.05, 3.63) is 23.8 Å². The van der Waals surface area contributed by atoms with Gasteiger partial charge in [0.05, 0.1) is 0 Å². The van der Waals surface area contributed by atoms with Crippen molar-refractivity contribution in [2.24, 2.45) is 0 Å². The molecule has 1 atom stereocenters. The molecular formula is C14H18N2OS. The molecule has 2 aliphatic rings. The summed E-state index contributed by atoms with van der Waals surface area (Å²) in [6, 6.07) is 6.88. The van der Waals surface area contributed by atoms with Gasteiger partial charge in [-0.25, -0.2) is 0 Å². The molecular weight excluding hydrogens is 244 g/mol. The molecule has 0 aromatic heterocycles. The largest absolute Gasteiger partial charge is 0.381 e. The minimum absolute atomic E-state index is 0.131. The second kappa shape index (κ2) is 5.22. The first-order valence-corrected chi connectivity index (χ1v) is 7.74. The van der Waals surface area contributed by atoms with Crippen molar-refractivity contribution in [3.63, 3.8) is 0 Å². The maximum Gasteiger partial charge on any atom is 0.224 e. The molecule has 0 saturated carbocycles. The molecule has 1 aromatic carbocycles. The van der Waals surface area contributed by atoms with Crippen LogP contribution in [0.4, 0.5) is 11.4 Å². The smallest absolute Gasteiger partial charge is 0.224 e. The first-order valence-electron chi connectivity index (χ1n) is 6.58. The molecule has 0 bridgehead atoms. The van der Waals surface area contributed by atoms with Gasteiger partial charge in [0.15, 0.2) is 0 Å². The quantitative estimate of drug-likeness (QED) is 0.861. The number of anilines is 2. The van der Waals surface area contributed by atoms with E-state index < -0.39 is 0 Å². The summed E-state index contributed by atoms with van der Waals surface area (Å²) in [7, 11) is 0. The van der Waals surface area contributed by atoms with Crippen LogP contribution in [0.2, 0.25) is 0 Å². The fourth-order valence-electron chi connectivity index (χ4n) is 2.56. The van der Waals surface area contributed by atoms with E-state index in [1.165, 1.54) is 35.6 Å². The molecule has 1 saturated heterocycles. The number of aryl methyl sites for hydroxylation is 1.